The Morgan fingerprint density at radius 2 is 1.65 bits per heavy atom. The zero-order valence-corrected chi connectivity index (χ0v) is 21.8. The first-order valence-electron chi connectivity index (χ1n) is 12.4. The van der Waals surface area contributed by atoms with Gasteiger partial charge in [-0.25, -0.2) is 19.7 Å². The Morgan fingerprint density at radius 1 is 0.919 bits per heavy atom. The molecule has 0 unspecified atom stereocenters. The highest BCUT2D eigenvalue weighted by atomic mass is 35.5. The number of benzene rings is 1. The lowest BCUT2D eigenvalue weighted by Gasteiger charge is -2.33. The first-order chi connectivity index (χ1) is 18.0. The molecule has 2 saturated heterocycles. The van der Waals surface area contributed by atoms with E-state index >= 15 is 0 Å². The number of ether oxygens (including phenoxy) is 1. The molecule has 194 valence electrons. The number of nitrogens with zero attached hydrogens (tertiary/aromatic N) is 6. The summed E-state index contributed by atoms with van der Waals surface area (Å²) in [5.74, 6) is 1.86. The molecule has 0 bridgehead atoms. The maximum Gasteiger partial charge on any atom is 0.324 e. The third-order valence-electron chi connectivity index (χ3n) is 6.63. The van der Waals surface area contributed by atoms with E-state index in [1.54, 1.807) is 6.20 Å². The fraction of sp³-hybridized carbons (Fsp3) is 0.385. The van der Waals surface area contributed by atoms with Gasteiger partial charge >= 0.3 is 6.03 Å². The fourth-order valence-electron chi connectivity index (χ4n) is 4.38. The van der Waals surface area contributed by atoms with Crippen LogP contribution in [0.2, 0.25) is 5.15 Å². The molecule has 1 aromatic carbocycles. The second-order valence-corrected chi connectivity index (χ2v) is 9.59. The standard InChI is InChI=1S/C26H31ClN8O2/c1-18-23(27)31-24(32-25(18)35-13-15-37-16-14-35)19-3-5-20(6-4-19)29-26(36)30-22-8-7-21(17-28-22)34-11-9-33(2)10-12-34/h3-8,17H,9-16H2,1-2H3,(H2,28,29,30,36). The van der Waals surface area contributed by atoms with Gasteiger partial charge in [-0.15, -0.1) is 0 Å². The number of carbonyl (C=O) groups is 1. The first-order valence-corrected chi connectivity index (χ1v) is 12.8. The largest absolute Gasteiger partial charge is 0.378 e. The number of rotatable bonds is 5. The van der Waals surface area contributed by atoms with Gasteiger partial charge < -0.3 is 24.8 Å². The summed E-state index contributed by atoms with van der Waals surface area (Å²) in [5, 5.41) is 6.06. The number of halogens is 1. The summed E-state index contributed by atoms with van der Waals surface area (Å²) in [5.41, 5.74) is 3.36. The second kappa shape index (κ2) is 11.3. The normalized spacial score (nSPS) is 16.5. The van der Waals surface area contributed by atoms with Crippen LogP contribution in [0.5, 0.6) is 0 Å². The van der Waals surface area contributed by atoms with E-state index in [1.165, 1.54) is 0 Å². The van der Waals surface area contributed by atoms with Gasteiger partial charge in [-0.1, -0.05) is 11.6 Å². The van der Waals surface area contributed by atoms with E-state index < -0.39 is 0 Å². The third kappa shape index (κ3) is 6.10. The van der Waals surface area contributed by atoms with Crippen molar-refractivity contribution in [3.05, 3.63) is 53.3 Å². The lowest BCUT2D eigenvalue weighted by atomic mass is 10.2. The van der Waals surface area contributed by atoms with Crippen LogP contribution in [0.4, 0.5) is 27.8 Å². The maximum absolute atomic E-state index is 12.5. The van der Waals surface area contributed by atoms with Gasteiger partial charge in [0.1, 0.15) is 16.8 Å². The van der Waals surface area contributed by atoms with Crippen molar-refractivity contribution in [1.29, 1.82) is 0 Å². The van der Waals surface area contributed by atoms with E-state index in [0.29, 0.717) is 35.7 Å². The van der Waals surface area contributed by atoms with Gasteiger partial charge in [0.15, 0.2) is 5.82 Å². The van der Waals surface area contributed by atoms with E-state index in [4.69, 9.17) is 21.3 Å². The van der Waals surface area contributed by atoms with Crippen LogP contribution in [0.25, 0.3) is 11.4 Å². The lowest BCUT2D eigenvalue weighted by Crippen LogP contribution is -2.44. The minimum atomic E-state index is -0.364. The molecule has 2 fully saturated rings. The molecule has 0 radical (unpaired) electrons. The number of morpholine rings is 1. The summed E-state index contributed by atoms with van der Waals surface area (Å²) in [6.07, 6.45) is 1.80. The predicted octanol–water partition coefficient (Wildman–Crippen LogP) is 3.73. The van der Waals surface area contributed by atoms with Crippen LogP contribution >= 0.6 is 11.6 Å². The van der Waals surface area contributed by atoms with Gasteiger partial charge in [-0.2, -0.15) is 0 Å². The summed E-state index contributed by atoms with van der Waals surface area (Å²) >= 11 is 6.44. The van der Waals surface area contributed by atoms with Crippen molar-refractivity contribution in [2.24, 2.45) is 0 Å². The van der Waals surface area contributed by atoms with Crippen LogP contribution in [0, 0.1) is 6.92 Å². The molecule has 4 heterocycles. The molecular weight excluding hydrogens is 492 g/mol. The fourth-order valence-corrected chi connectivity index (χ4v) is 4.55. The molecule has 0 atom stereocenters. The minimum absolute atomic E-state index is 0.364. The van der Waals surface area contributed by atoms with Gasteiger partial charge in [0.2, 0.25) is 0 Å². The summed E-state index contributed by atoms with van der Waals surface area (Å²) in [6.45, 7) is 8.77. The molecule has 0 aliphatic carbocycles. The molecule has 10 nitrogen and oxygen atoms in total. The number of amides is 2. The smallest absolute Gasteiger partial charge is 0.324 e. The van der Waals surface area contributed by atoms with Crippen LogP contribution in [-0.4, -0.2) is 85.4 Å². The molecule has 2 aromatic heterocycles. The SMILES string of the molecule is Cc1c(Cl)nc(-c2ccc(NC(=O)Nc3ccc(N4CCN(C)CC4)cn3)cc2)nc1N1CCOCC1. The number of urea groups is 1. The average molecular weight is 523 g/mol. The van der Waals surface area contributed by atoms with E-state index in [9.17, 15) is 4.79 Å². The molecule has 2 amide bonds. The number of aromatic nitrogens is 3. The van der Waals surface area contributed by atoms with E-state index in [0.717, 1.165) is 61.9 Å². The molecule has 0 spiro atoms. The molecule has 11 heteroatoms. The maximum atomic E-state index is 12.5. The number of carbonyl (C=O) groups excluding carboxylic acids is 1. The van der Waals surface area contributed by atoms with Gasteiger partial charge in [0.05, 0.1) is 25.1 Å². The molecule has 37 heavy (non-hydrogen) atoms. The topological polar surface area (TPSA) is 98.8 Å². The zero-order chi connectivity index (χ0) is 25.8. The number of piperazine rings is 1. The van der Waals surface area contributed by atoms with Crippen molar-refractivity contribution in [3.63, 3.8) is 0 Å². The van der Waals surface area contributed by atoms with E-state index in [-0.39, 0.29) is 6.03 Å². The number of anilines is 4. The minimum Gasteiger partial charge on any atom is -0.378 e. The predicted molar refractivity (Wildman–Crippen MR) is 147 cm³/mol. The Hall–Kier alpha value is -3.47. The van der Waals surface area contributed by atoms with Crippen LogP contribution in [0.1, 0.15) is 5.56 Å². The Bertz CT molecular complexity index is 1220. The molecule has 2 aliphatic rings. The van der Waals surface area contributed by atoms with Crippen LogP contribution in [-0.2, 0) is 4.74 Å². The van der Waals surface area contributed by atoms with E-state index in [1.807, 2.05) is 43.3 Å². The van der Waals surface area contributed by atoms with Gasteiger partial charge in [-0.3, -0.25) is 5.32 Å². The number of hydrogen-bond acceptors (Lipinski definition) is 8. The number of hydrogen-bond donors (Lipinski definition) is 2. The number of pyridine rings is 1. The van der Waals surface area contributed by atoms with Crippen molar-refractivity contribution in [1.82, 2.24) is 19.9 Å². The highest BCUT2D eigenvalue weighted by Gasteiger charge is 2.19. The Labute approximate surface area is 221 Å². The summed E-state index contributed by atoms with van der Waals surface area (Å²) < 4.78 is 5.46. The molecule has 0 saturated carbocycles. The Morgan fingerprint density at radius 3 is 2.32 bits per heavy atom. The van der Waals surface area contributed by atoms with Gasteiger partial charge in [-0.05, 0) is 50.4 Å². The van der Waals surface area contributed by atoms with Crippen molar-refractivity contribution in [2.45, 2.75) is 6.92 Å². The van der Waals surface area contributed by atoms with Crippen molar-refractivity contribution in [3.8, 4) is 11.4 Å². The van der Waals surface area contributed by atoms with Crippen LogP contribution < -0.4 is 20.4 Å². The molecule has 3 aromatic rings. The highest BCUT2D eigenvalue weighted by Crippen LogP contribution is 2.28. The van der Waals surface area contributed by atoms with Crippen LogP contribution in [0.3, 0.4) is 0 Å². The van der Waals surface area contributed by atoms with Crippen molar-refractivity contribution in [2.75, 3.05) is 80.0 Å². The van der Waals surface area contributed by atoms with Crippen molar-refractivity contribution < 1.29 is 9.53 Å². The first kappa shape index (κ1) is 25.2. The Kier molecular flexibility index (Phi) is 7.68. The monoisotopic (exact) mass is 522 g/mol. The van der Waals surface area contributed by atoms with Crippen LogP contribution in [0.15, 0.2) is 42.6 Å². The average Bonchev–Trinajstić information content (AvgIpc) is 2.92. The van der Waals surface area contributed by atoms with E-state index in [2.05, 4.69) is 42.3 Å². The third-order valence-corrected chi connectivity index (χ3v) is 7.00. The second-order valence-electron chi connectivity index (χ2n) is 9.23. The quantitative estimate of drug-likeness (QED) is 0.489. The molecule has 5 rings (SSSR count). The van der Waals surface area contributed by atoms with Gasteiger partial charge in [0.25, 0.3) is 0 Å². The zero-order valence-electron chi connectivity index (χ0n) is 21.1. The Balaban J connectivity index is 1.21. The molecular formula is C26H31ClN8O2. The lowest BCUT2D eigenvalue weighted by molar-refractivity contribution is 0.122. The number of likely N-dealkylation sites (N-methyl/N-ethyl adjacent to an activating group) is 1. The molecule has 2 N–H and O–H groups in total. The summed E-state index contributed by atoms with van der Waals surface area (Å²) in [6, 6.07) is 10.8. The summed E-state index contributed by atoms with van der Waals surface area (Å²) in [4.78, 5) is 33.0. The molecule has 2 aliphatic heterocycles. The van der Waals surface area contributed by atoms with Gasteiger partial charge in [0, 0.05) is 56.1 Å². The van der Waals surface area contributed by atoms with Crippen molar-refractivity contribution >= 4 is 40.6 Å². The number of nitrogens with one attached hydrogen (secondary N) is 2. The highest BCUT2D eigenvalue weighted by molar-refractivity contribution is 6.30. The summed E-state index contributed by atoms with van der Waals surface area (Å²) in [7, 11) is 2.13.